The highest BCUT2D eigenvalue weighted by Gasteiger charge is 2.27. The number of nitrogen functional groups attached to an aromatic ring is 2. The lowest BCUT2D eigenvalue weighted by Crippen LogP contribution is -2.17. The van der Waals surface area contributed by atoms with Crippen molar-refractivity contribution in [2.75, 3.05) is 30.4 Å². The summed E-state index contributed by atoms with van der Waals surface area (Å²) in [6.45, 7) is -1.31. The third-order valence-corrected chi connectivity index (χ3v) is 2.28. The molecule has 9 heteroatoms. The van der Waals surface area contributed by atoms with Crippen molar-refractivity contribution in [1.29, 1.82) is 0 Å². The van der Waals surface area contributed by atoms with Gasteiger partial charge in [-0.3, -0.25) is 0 Å². The summed E-state index contributed by atoms with van der Waals surface area (Å²) in [5.41, 5.74) is 10.8. The Morgan fingerprint density at radius 2 is 1.82 bits per heavy atom. The maximum atomic E-state index is 11.7. The molecule has 0 aliphatic rings. The molecule has 0 atom stereocenters. The monoisotopic (exact) mass is 268 g/mol. The van der Waals surface area contributed by atoms with Crippen LogP contribution in [0.25, 0.3) is 0 Å². The summed E-state index contributed by atoms with van der Waals surface area (Å²) in [4.78, 5) is 7.70. The van der Waals surface area contributed by atoms with Crippen LogP contribution in [-0.4, -0.2) is 35.1 Å². The number of nitrogens with two attached hydrogens (primary N) is 2. The van der Waals surface area contributed by atoms with Crippen molar-refractivity contribution in [3.8, 4) is 0 Å². The summed E-state index contributed by atoms with van der Waals surface area (Å²) < 4.78 is 39.6. The first kappa shape index (κ1) is 13.8. The average molecular weight is 268 g/mol. The summed E-state index contributed by atoms with van der Waals surface area (Å²) in [7, 11) is 0. The maximum absolute atomic E-state index is 11.7. The third-order valence-electron chi connectivity index (χ3n) is 1.47. The minimum Gasteiger partial charge on any atom is -0.383 e. The van der Waals surface area contributed by atoms with Gasteiger partial charge in [0.2, 0.25) is 0 Å². The molecule has 1 heterocycles. The highest BCUT2D eigenvalue weighted by Crippen LogP contribution is 2.17. The van der Waals surface area contributed by atoms with Crippen LogP contribution in [-0.2, 0) is 4.74 Å². The average Bonchev–Trinajstić information content (AvgIpc) is 2.13. The molecule has 0 radical (unpaired) electrons. The SMILES string of the molecule is Nc1cc(N)nc(SCCOCC(F)(F)F)n1. The van der Waals surface area contributed by atoms with E-state index in [-0.39, 0.29) is 18.2 Å². The Labute approximate surface area is 99.7 Å². The van der Waals surface area contributed by atoms with Crippen LogP contribution < -0.4 is 11.5 Å². The van der Waals surface area contributed by atoms with Crippen LogP contribution >= 0.6 is 11.8 Å². The van der Waals surface area contributed by atoms with Gasteiger partial charge in [0.05, 0.1) is 6.61 Å². The Hall–Kier alpha value is -1.22. The minimum atomic E-state index is -4.30. The van der Waals surface area contributed by atoms with Gasteiger partial charge in [-0.05, 0) is 0 Å². The smallest absolute Gasteiger partial charge is 0.383 e. The van der Waals surface area contributed by atoms with E-state index in [0.717, 1.165) is 11.8 Å². The van der Waals surface area contributed by atoms with Gasteiger partial charge in [-0.2, -0.15) is 13.2 Å². The summed E-state index contributed by atoms with van der Waals surface area (Å²) in [5.74, 6) is 0.728. The number of hydrogen-bond acceptors (Lipinski definition) is 6. The first-order valence-electron chi connectivity index (χ1n) is 4.54. The molecule has 96 valence electrons. The molecule has 0 fully saturated rings. The molecular formula is C8H11F3N4OS. The fourth-order valence-electron chi connectivity index (χ4n) is 0.906. The summed E-state index contributed by atoms with van der Waals surface area (Å²) in [6, 6.07) is 1.39. The molecular weight excluding hydrogens is 257 g/mol. The van der Waals surface area contributed by atoms with E-state index in [0.29, 0.717) is 10.9 Å². The van der Waals surface area contributed by atoms with Crippen LogP contribution in [0.2, 0.25) is 0 Å². The Morgan fingerprint density at radius 3 is 2.35 bits per heavy atom. The van der Waals surface area contributed by atoms with Gasteiger partial charge in [0.1, 0.15) is 18.2 Å². The molecule has 0 aliphatic heterocycles. The van der Waals surface area contributed by atoms with Crippen molar-refractivity contribution in [1.82, 2.24) is 9.97 Å². The van der Waals surface area contributed by atoms with E-state index in [4.69, 9.17) is 11.5 Å². The molecule has 0 aliphatic carbocycles. The van der Waals surface area contributed by atoms with Gasteiger partial charge in [-0.25, -0.2) is 9.97 Å². The molecule has 0 unspecified atom stereocenters. The van der Waals surface area contributed by atoms with Crippen LogP contribution in [0.5, 0.6) is 0 Å². The lowest BCUT2D eigenvalue weighted by molar-refractivity contribution is -0.172. The zero-order valence-electron chi connectivity index (χ0n) is 8.70. The fraction of sp³-hybridized carbons (Fsp3) is 0.500. The lowest BCUT2D eigenvalue weighted by atomic mass is 10.5. The molecule has 17 heavy (non-hydrogen) atoms. The second-order valence-electron chi connectivity index (χ2n) is 3.02. The van der Waals surface area contributed by atoms with Crippen LogP contribution in [0.1, 0.15) is 0 Å². The van der Waals surface area contributed by atoms with Crippen LogP contribution in [0, 0.1) is 0 Å². The van der Waals surface area contributed by atoms with Crippen molar-refractivity contribution < 1.29 is 17.9 Å². The first-order valence-corrected chi connectivity index (χ1v) is 5.53. The molecule has 1 rings (SSSR count). The molecule has 0 aromatic carbocycles. The Balaban J connectivity index is 2.27. The Kier molecular flexibility index (Phi) is 4.82. The summed E-state index contributed by atoms with van der Waals surface area (Å²) >= 11 is 1.12. The number of nitrogens with zero attached hydrogens (tertiary/aromatic N) is 2. The highest BCUT2D eigenvalue weighted by molar-refractivity contribution is 7.99. The predicted molar refractivity (Wildman–Crippen MR) is 58.5 cm³/mol. The summed E-state index contributed by atoms with van der Waals surface area (Å²) in [5, 5.41) is 0.318. The van der Waals surface area contributed by atoms with Gasteiger partial charge in [0, 0.05) is 11.8 Å². The van der Waals surface area contributed by atoms with Gasteiger partial charge in [-0.15, -0.1) is 0 Å². The van der Waals surface area contributed by atoms with Crippen molar-refractivity contribution in [3.63, 3.8) is 0 Å². The zero-order chi connectivity index (χ0) is 12.9. The maximum Gasteiger partial charge on any atom is 0.411 e. The number of thioether (sulfide) groups is 1. The number of aromatic nitrogens is 2. The normalized spacial score (nSPS) is 11.7. The minimum absolute atomic E-state index is 0.0533. The predicted octanol–water partition coefficient (Wildman–Crippen LogP) is 1.31. The lowest BCUT2D eigenvalue weighted by Gasteiger charge is -2.07. The van der Waals surface area contributed by atoms with E-state index in [1.807, 2.05) is 0 Å². The fourth-order valence-corrected chi connectivity index (χ4v) is 1.63. The quantitative estimate of drug-likeness (QED) is 0.475. The van der Waals surface area contributed by atoms with E-state index in [1.165, 1.54) is 6.07 Å². The number of alkyl halides is 3. The second kappa shape index (κ2) is 5.92. The summed E-state index contributed by atoms with van der Waals surface area (Å²) in [6.07, 6.45) is -4.30. The van der Waals surface area contributed by atoms with Crippen molar-refractivity contribution in [3.05, 3.63) is 6.07 Å². The number of halogens is 3. The zero-order valence-corrected chi connectivity index (χ0v) is 9.51. The van der Waals surface area contributed by atoms with Crippen molar-refractivity contribution >= 4 is 23.4 Å². The van der Waals surface area contributed by atoms with Gasteiger partial charge in [0.25, 0.3) is 0 Å². The van der Waals surface area contributed by atoms with Crippen molar-refractivity contribution in [2.45, 2.75) is 11.3 Å². The van der Waals surface area contributed by atoms with E-state index < -0.39 is 12.8 Å². The standard InChI is InChI=1S/C8H11F3N4OS/c9-8(10,11)4-16-1-2-17-7-14-5(12)3-6(13)15-7/h3H,1-2,4H2,(H4,12,13,14,15). The molecule has 0 saturated carbocycles. The van der Waals surface area contributed by atoms with Crippen LogP contribution in [0.15, 0.2) is 11.2 Å². The molecule has 1 aromatic rings. The van der Waals surface area contributed by atoms with Gasteiger partial charge >= 0.3 is 6.18 Å². The van der Waals surface area contributed by atoms with Gasteiger partial charge in [-0.1, -0.05) is 11.8 Å². The Bertz CT molecular complexity index is 354. The number of hydrogen-bond donors (Lipinski definition) is 2. The van der Waals surface area contributed by atoms with E-state index >= 15 is 0 Å². The first-order chi connectivity index (χ1) is 7.87. The topological polar surface area (TPSA) is 87.1 Å². The number of ether oxygens (including phenoxy) is 1. The Morgan fingerprint density at radius 1 is 1.24 bits per heavy atom. The molecule has 0 bridgehead atoms. The van der Waals surface area contributed by atoms with Gasteiger partial charge in [0.15, 0.2) is 5.16 Å². The van der Waals surface area contributed by atoms with E-state index in [2.05, 4.69) is 14.7 Å². The number of anilines is 2. The second-order valence-corrected chi connectivity index (χ2v) is 4.08. The third kappa shape index (κ3) is 6.17. The molecule has 0 spiro atoms. The molecule has 0 saturated heterocycles. The van der Waals surface area contributed by atoms with Crippen molar-refractivity contribution in [2.24, 2.45) is 0 Å². The van der Waals surface area contributed by atoms with Crippen LogP contribution in [0.4, 0.5) is 24.8 Å². The van der Waals surface area contributed by atoms with Gasteiger partial charge < -0.3 is 16.2 Å². The highest BCUT2D eigenvalue weighted by atomic mass is 32.2. The molecule has 5 nitrogen and oxygen atoms in total. The molecule has 0 amide bonds. The van der Waals surface area contributed by atoms with E-state index in [1.54, 1.807) is 0 Å². The molecule has 1 aromatic heterocycles. The van der Waals surface area contributed by atoms with E-state index in [9.17, 15) is 13.2 Å². The molecule has 4 N–H and O–H groups in total. The van der Waals surface area contributed by atoms with Crippen LogP contribution in [0.3, 0.4) is 0 Å². The number of rotatable bonds is 5. The largest absolute Gasteiger partial charge is 0.411 e.